The molecule has 0 unspecified atom stereocenters. The molecular weight excluding hydrogens is 352 g/mol. The summed E-state index contributed by atoms with van der Waals surface area (Å²) in [6.45, 7) is 0.145. The lowest BCUT2D eigenvalue weighted by atomic mass is 9.90. The molecule has 0 bridgehead atoms. The minimum absolute atomic E-state index is 0.0886. The van der Waals surface area contributed by atoms with Crippen LogP contribution >= 0.6 is 23.6 Å². The molecule has 0 atom stereocenters. The van der Waals surface area contributed by atoms with Crippen molar-refractivity contribution in [3.8, 4) is 10.7 Å². The van der Waals surface area contributed by atoms with Crippen molar-refractivity contribution in [2.75, 3.05) is 5.32 Å². The lowest BCUT2D eigenvalue weighted by Gasteiger charge is -2.19. The van der Waals surface area contributed by atoms with E-state index in [1.165, 1.54) is 24.0 Å². The van der Waals surface area contributed by atoms with Gasteiger partial charge in [0.1, 0.15) is 6.54 Å². The first-order chi connectivity index (χ1) is 12.2. The maximum atomic E-state index is 12.6. The predicted molar refractivity (Wildman–Crippen MR) is 102 cm³/mol. The fourth-order valence-electron chi connectivity index (χ4n) is 3.29. The molecule has 0 spiro atoms. The van der Waals surface area contributed by atoms with Crippen LogP contribution in [0.3, 0.4) is 0 Å². The van der Waals surface area contributed by atoms with Gasteiger partial charge in [-0.3, -0.25) is 14.5 Å². The van der Waals surface area contributed by atoms with Gasteiger partial charge in [0.25, 0.3) is 0 Å². The Kier molecular flexibility index (Phi) is 4.50. The van der Waals surface area contributed by atoms with Crippen molar-refractivity contribution in [1.29, 1.82) is 0 Å². The van der Waals surface area contributed by atoms with Crippen molar-refractivity contribution in [2.45, 2.75) is 32.2 Å². The summed E-state index contributed by atoms with van der Waals surface area (Å²) in [7, 11) is 0. The van der Waals surface area contributed by atoms with E-state index in [2.05, 4.69) is 21.6 Å². The second-order valence-corrected chi connectivity index (χ2v) is 7.45. The number of benzene rings is 1. The van der Waals surface area contributed by atoms with Gasteiger partial charge in [0.05, 0.1) is 4.88 Å². The van der Waals surface area contributed by atoms with E-state index >= 15 is 0 Å². The molecule has 5 nitrogen and oxygen atoms in total. The third-order valence-electron chi connectivity index (χ3n) is 4.47. The Bertz CT molecular complexity index is 956. The van der Waals surface area contributed by atoms with Gasteiger partial charge in [0, 0.05) is 5.69 Å². The maximum Gasteiger partial charge on any atom is 0.244 e. The first-order valence-corrected chi connectivity index (χ1v) is 9.61. The Morgan fingerprint density at radius 1 is 1.28 bits per heavy atom. The number of hydrogen-bond acceptors (Lipinski definition) is 4. The summed E-state index contributed by atoms with van der Waals surface area (Å²) >= 11 is 6.87. The molecule has 7 heteroatoms. The molecule has 0 fully saturated rings. The second-order valence-electron chi connectivity index (χ2n) is 6.11. The number of carbonyl (C=O) groups is 1. The van der Waals surface area contributed by atoms with E-state index in [4.69, 9.17) is 12.2 Å². The molecule has 0 aliphatic heterocycles. The molecule has 0 saturated carbocycles. The second kappa shape index (κ2) is 6.93. The molecule has 0 radical (unpaired) electrons. The van der Waals surface area contributed by atoms with Gasteiger partial charge in [0.2, 0.25) is 5.91 Å². The van der Waals surface area contributed by atoms with E-state index in [1.807, 2.05) is 29.6 Å². The molecule has 1 amide bonds. The summed E-state index contributed by atoms with van der Waals surface area (Å²) in [5.41, 5.74) is 3.55. The predicted octanol–water partition coefficient (Wildman–Crippen LogP) is 4.19. The summed E-state index contributed by atoms with van der Waals surface area (Å²) in [6, 6.07) is 10.1. The van der Waals surface area contributed by atoms with Crippen molar-refractivity contribution in [1.82, 2.24) is 14.8 Å². The van der Waals surface area contributed by atoms with Crippen LogP contribution in [0.5, 0.6) is 0 Å². The number of nitrogens with zero attached hydrogens (tertiary/aromatic N) is 2. The van der Waals surface area contributed by atoms with Crippen LogP contribution in [0.25, 0.3) is 10.7 Å². The number of anilines is 1. The quantitative estimate of drug-likeness (QED) is 0.677. The molecule has 25 heavy (non-hydrogen) atoms. The molecular formula is C18H18N4OS2. The van der Waals surface area contributed by atoms with E-state index in [1.54, 1.807) is 15.9 Å². The summed E-state index contributed by atoms with van der Waals surface area (Å²) < 4.78 is 2.19. The Morgan fingerprint density at radius 3 is 3.00 bits per heavy atom. The number of rotatable bonds is 4. The average molecular weight is 371 g/mol. The fourth-order valence-corrected chi connectivity index (χ4v) is 4.21. The fraction of sp³-hybridized carbons (Fsp3) is 0.278. The van der Waals surface area contributed by atoms with Crippen LogP contribution in [-0.2, 0) is 24.2 Å². The standard InChI is InChI=1S/C18H18N4OS2/c23-16(19-14-8-3-6-12-5-1-2-7-13(12)14)11-22-17(20-21-18(22)24)15-9-4-10-25-15/h3-4,6,8-10H,1-2,5,7,11H2,(H,19,23)(H,21,24). The molecule has 3 aromatic rings. The number of hydrogen-bond donors (Lipinski definition) is 2. The first kappa shape index (κ1) is 16.2. The van der Waals surface area contributed by atoms with Gasteiger partial charge < -0.3 is 5.32 Å². The molecule has 1 aromatic carbocycles. The molecule has 4 rings (SSSR count). The molecule has 2 N–H and O–H groups in total. The number of aromatic amines is 1. The lowest BCUT2D eigenvalue weighted by molar-refractivity contribution is -0.116. The number of amides is 1. The van der Waals surface area contributed by atoms with Crippen molar-refractivity contribution >= 4 is 35.1 Å². The van der Waals surface area contributed by atoms with Gasteiger partial charge in [-0.15, -0.1) is 11.3 Å². The summed E-state index contributed by atoms with van der Waals surface area (Å²) in [5, 5.41) is 12.1. The minimum atomic E-state index is -0.0886. The monoisotopic (exact) mass is 370 g/mol. The Hall–Kier alpha value is -2.25. The highest BCUT2D eigenvalue weighted by atomic mass is 32.1. The maximum absolute atomic E-state index is 12.6. The molecule has 2 heterocycles. The van der Waals surface area contributed by atoms with Crippen molar-refractivity contribution in [2.24, 2.45) is 0 Å². The third kappa shape index (κ3) is 3.29. The molecule has 0 saturated heterocycles. The summed E-state index contributed by atoms with van der Waals surface area (Å²) in [6.07, 6.45) is 4.51. The van der Waals surface area contributed by atoms with Gasteiger partial charge in [-0.1, -0.05) is 18.2 Å². The van der Waals surface area contributed by atoms with Crippen LogP contribution in [0.4, 0.5) is 5.69 Å². The van der Waals surface area contributed by atoms with Crippen molar-refractivity contribution in [3.63, 3.8) is 0 Å². The highest BCUT2D eigenvalue weighted by Gasteiger charge is 2.16. The van der Waals surface area contributed by atoms with Crippen molar-refractivity contribution in [3.05, 3.63) is 51.6 Å². The third-order valence-corrected chi connectivity index (χ3v) is 5.65. The van der Waals surface area contributed by atoms with Crippen LogP contribution in [0, 0.1) is 4.77 Å². The SMILES string of the molecule is O=C(Cn1c(-c2cccs2)n[nH]c1=S)Nc1cccc2c1CCCC2. The van der Waals surface area contributed by atoms with Crippen LogP contribution in [0.1, 0.15) is 24.0 Å². The number of aryl methyl sites for hydroxylation is 1. The van der Waals surface area contributed by atoms with E-state index in [0.29, 0.717) is 10.6 Å². The van der Waals surface area contributed by atoms with E-state index < -0.39 is 0 Å². The molecule has 2 aromatic heterocycles. The number of thiophene rings is 1. The summed E-state index contributed by atoms with van der Waals surface area (Å²) in [4.78, 5) is 13.6. The van der Waals surface area contributed by atoms with Gasteiger partial charge in [0.15, 0.2) is 10.6 Å². The van der Waals surface area contributed by atoms with Gasteiger partial charge in [-0.2, -0.15) is 5.10 Å². The lowest BCUT2D eigenvalue weighted by Crippen LogP contribution is -2.21. The number of carbonyl (C=O) groups excluding carboxylic acids is 1. The largest absolute Gasteiger partial charge is 0.324 e. The van der Waals surface area contributed by atoms with Gasteiger partial charge >= 0.3 is 0 Å². The highest BCUT2D eigenvalue weighted by Crippen LogP contribution is 2.28. The Labute approximate surface area is 154 Å². The number of nitrogens with one attached hydrogen (secondary N) is 2. The normalized spacial score (nSPS) is 13.4. The van der Waals surface area contributed by atoms with E-state index in [0.717, 1.165) is 23.4 Å². The zero-order valence-corrected chi connectivity index (χ0v) is 15.3. The van der Waals surface area contributed by atoms with Gasteiger partial charge in [-0.25, -0.2) is 0 Å². The first-order valence-electron chi connectivity index (χ1n) is 8.32. The smallest absolute Gasteiger partial charge is 0.244 e. The van der Waals surface area contributed by atoms with Crippen LogP contribution in [0.15, 0.2) is 35.7 Å². The molecule has 1 aliphatic rings. The average Bonchev–Trinajstić information content (AvgIpc) is 3.26. The van der Waals surface area contributed by atoms with E-state index in [9.17, 15) is 4.79 Å². The minimum Gasteiger partial charge on any atom is -0.324 e. The number of aromatic nitrogens is 3. The van der Waals surface area contributed by atoms with Crippen LogP contribution in [0.2, 0.25) is 0 Å². The Morgan fingerprint density at radius 2 is 2.16 bits per heavy atom. The van der Waals surface area contributed by atoms with Gasteiger partial charge in [-0.05, 0) is 66.5 Å². The molecule has 1 aliphatic carbocycles. The number of fused-ring (bicyclic) bond motifs is 1. The Balaban J connectivity index is 1.56. The van der Waals surface area contributed by atoms with Crippen molar-refractivity contribution < 1.29 is 4.79 Å². The van der Waals surface area contributed by atoms with E-state index in [-0.39, 0.29) is 12.5 Å². The summed E-state index contributed by atoms with van der Waals surface area (Å²) in [5.74, 6) is 0.611. The molecule has 128 valence electrons. The zero-order valence-electron chi connectivity index (χ0n) is 13.6. The topological polar surface area (TPSA) is 62.7 Å². The highest BCUT2D eigenvalue weighted by molar-refractivity contribution is 7.71. The van der Waals surface area contributed by atoms with Crippen LogP contribution in [-0.4, -0.2) is 20.7 Å². The van der Waals surface area contributed by atoms with Crippen LogP contribution < -0.4 is 5.32 Å². The number of H-pyrrole nitrogens is 1. The zero-order chi connectivity index (χ0) is 17.2.